The zero-order chi connectivity index (χ0) is 13.1. The highest BCUT2D eigenvalue weighted by atomic mass is 35.5. The lowest BCUT2D eigenvalue weighted by atomic mass is 10.1. The van der Waals surface area contributed by atoms with Gasteiger partial charge in [-0.1, -0.05) is 11.6 Å². The molecule has 0 aliphatic rings. The molecular weight excluding hydrogens is 240 g/mol. The van der Waals surface area contributed by atoms with Crippen LogP contribution in [0.2, 0.25) is 5.02 Å². The summed E-state index contributed by atoms with van der Waals surface area (Å²) < 4.78 is 5.21. The molecule has 5 heteroatoms. The molecule has 0 radical (unpaired) electrons. The Labute approximate surface area is 106 Å². The van der Waals surface area contributed by atoms with Crippen LogP contribution in [-0.2, 0) is 4.74 Å². The molecule has 0 saturated heterocycles. The lowest BCUT2D eigenvalue weighted by Crippen LogP contribution is -2.39. The summed E-state index contributed by atoms with van der Waals surface area (Å²) in [5.41, 5.74) is 6.07. The third-order valence-corrected chi connectivity index (χ3v) is 2.79. The minimum atomic E-state index is -0.414. The summed E-state index contributed by atoms with van der Waals surface area (Å²) in [5, 5.41) is 3.14. The van der Waals surface area contributed by atoms with Gasteiger partial charge in [0.15, 0.2) is 0 Å². The first-order valence-corrected chi connectivity index (χ1v) is 5.62. The van der Waals surface area contributed by atoms with Crippen molar-refractivity contribution in [1.82, 2.24) is 5.32 Å². The van der Waals surface area contributed by atoms with Gasteiger partial charge in [0, 0.05) is 19.3 Å². The number of benzene rings is 1. The Morgan fingerprint density at radius 3 is 2.76 bits per heavy atom. The SMILES string of the molecule is COC(C)(C)CNC(=O)c1cc(N)ccc1Cl. The largest absolute Gasteiger partial charge is 0.399 e. The van der Waals surface area contributed by atoms with Gasteiger partial charge in [-0.15, -0.1) is 0 Å². The van der Waals surface area contributed by atoms with E-state index in [4.69, 9.17) is 22.1 Å². The molecule has 0 bridgehead atoms. The molecule has 0 unspecified atom stereocenters. The Hall–Kier alpha value is -1.26. The minimum Gasteiger partial charge on any atom is -0.399 e. The fraction of sp³-hybridized carbons (Fsp3) is 0.417. The summed E-state index contributed by atoms with van der Waals surface area (Å²) in [4.78, 5) is 11.9. The average molecular weight is 257 g/mol. The van der Waals surface area contributed by atoms with Crippen LogP contribution in [0.25, 0.3) is 0 Å². The van der Waals surface area contributed by atoms with Gasteiger partial charge in [0.05, 0.1) is 16.2 Å². The van der Waals surface area contributed by atoms with Crippen molar-refractivity contribution in [3.63, 3.8) is 0 Å². The number of carbonyl (C=O) groups excluding carboxylic acids is 1. The van der Waals surface area contributed by atoms with Crippen molar-refractivity contribution in [3.05, 3.63) is 28.8 Å². The van der Waals surface area contributed by atoms with E-state index in [0.717, 1.165) is 0 Å². The van der Waals surface area contributed by atoms with Crippen molar-refractivity contribution in [1.29, 1.82) is 0 Å². The summed E-state index contributed by atoms with van der Waals surface area (Å²) in [6.45, 7) is 4.16. The molecule has 0 aromatic heterocycles. The van der Waals surface area contributed by atoms with Gasteiger partial charge in [-0.25, -0.2) is 0 Å². The Morgan fingerprint density at radius 1 is 1.53 bits per heavy atom. The molecule has 4 nitrogen and oxygen atoms in total. The predicted octanol–water partition coefficient (Wildman–Crippen LogP) is 2.08. The molecule has 94 valence electrons. The van der Waals surface area contributed by atoms with Gasteiger partial charge in [-0.3, -0.25) is 4.79 Å². The van der Waals surface area contributed by atoms with Crippen molar-refractivity contribution in [2.24, 2.45) is 0 Å². The Morgan fingerprint density at radius 2 is 2.18 bits per heavy atom. The molecule has 1 aromatic carbocycles. The predicted molar refractivity (Wildman–Crippen MR) is 69.3 cm³/mol. The molecular formula is C12H17ClN2O2. The van der Waals surface area contributed by atoms with Crippen LogP contribution in [0.5, 0.6) is 0 Å². The van der Waals surface area contributed by atoms with Crippen LogP contribution in [-0.4, -0.2) is 25.2 Å². The van der Waals surface area contributed by atoms with Crippen molar-refractivity contribution in [2.45, 2.75) is 19.4 Å². The van der Waals surface area contributed by atoms with Gasteiger partial charge in [0.2, 0.25) is 0 Å². The quantitative estimate of drug-likeness (QED) is 0.811. The van der Waals surface area contributed by atoms with E-state index in [1.165, 1.54) is 0 Å². The summed E-state index contributed by atoms with van der Waals surface area (Å²) in [6, 6.07) is 4.81. The monoisotopic (exact) mass is 256 g/mol. The lowest BCUT2D eigenvalue weighted by molar-refractivity contribution is 0.0229. The molecule has 17 heavy (non-hydrogen) atoms. The van der Waals surface area contributed by atoms with Crippen LogP contribution in [0.1, 0.15) is 24.2 Å². The van der Waals surface area contributed by atoms with E-state index >= 15 is 0 Å². The zero-order valence-electron chi connectivity index (χ0n) is 10.2. The molecule has 3 N–H and O–H groups in total. The number of hydrogen-bond donors (Lipinski definition) is 2. The number of halogens is 1. The van der Waals surface area contributed by atoms with Crippen LogP contribution >= 0.6 is 11.6 Å². The highest BCUT2D eigenvalue weighted by Gasteiger charge is 2.19. The minimum absolute atomic E-state index is 0.257. The number of ether oxygens (including phenoxy) is 1. The Balaban J connectivity index is 2.74. The van der Waals surface area contributed by atoms with Gasteiger partial charge < -0.3 is 15.8 Å². The molecule has 1 aromatic rings. The highest BCUT2D eigenvalue weighted by molar-refractivity contribution is 6.34. The van der Waals surface area contributed by atoms with Gasteiger partial charge in [-0.2, -0.15) is 0 Å². The van der Waals surface area contributed by atoms with Gasteiger partial charge in [0.25, 0.3) is 5.91 Å². The molecule has 0 spiro atoms. The standard InChI is InChI=1S/C12H17ClN2O2/c1-12(2,17-3)7-15-11(16)9-6-8(14)4-5-10(9)13/h4-6H,7,14H2,1-3H3,(H,15,16). The first-order chi connectivity index (χ1) is 7.85. The zero-order valence-corrected chi connectivity index (χ0v) is 11.0. The molecule has 0 saturated carbocycles. The number of carbonyl (C=O) groups is 1. The maximum absolute atomic E-state index is 11.9. The third kappa shape index (κ3) is 3.91. The van der Waals surface area contributed by atoms with E-state index < -0.39 is 5.60 Å². The number of nitrogens with two attached hydrogens (primary N) is 1. The number of methoxy groups -OCH3 is 1. The Kier molecular flexibility index (Phi) is 4.37. The van der Waals surface area contributed by atoms with Crippen molar-refractivity contribution in [2.75, 3.05) is 19.4 Å². The summed E-state index contributed by atoms with van der Waals surface area (Å²) in [5.74, 6) is -0.257. The molecule has 0 aliphatic carbocycles. The summed E-state index contributed by atoms with van der Waals surface area (Å²) in [7, 11) is 1.60. The van der Waals surface area contributed by atoms with E-state index in [-0.39, 0.29) is 5.91 Å². The number of anilines is 1. The summed E-state index contributed by atoms with van der Waals surface area (Å²) in [6.07, 6.45) is 0. The maximum atomic E-state index is 11.9. The number of hydrogen-bond acceptors (Lipinski definition) is 3. The highest BCUT2D eigenvalue weighted by Crippen LogP contribution is 2.18. The second-order valence-electron chi connectivity index (χ2n) is 4.39. The van der Waals surface area contributed by atoms with Gasteiger partial charge >= 0.3 is 0 Å². The number of nitrogens with one attached hydrogen (secondary N) is 1. The van der Waals surface area contributed by atoms with E-state index in [0.29, 0.717) is 22.8 Å². The van der Waals surface area contributed by atoms with Crippen molar-refractivity contribution < 1.29 is 9.53 Å². The van der Waals surface area contributed by atoms with Crippen LogP contribution in [0, 0.1) is 0 Å². The number of nitrogen functional groups attached to an aromatic ring is 1. The van der Waals surface area contributed by atoms with Gasteiger partial charge in [-0.05, 0) is 32.0 Å². The van der Waals surface area contributed by atoms with Crippen LogP contribution in [0.4, 0.5) is 5.69 Å². The molecule has 0 heterocycles. The molecule has 0 atom stereocenters. The molecule has 1 rings (SSSR count). The third-order valence-electron chi connectivity index (χ3n) is 2.46. The molecule has 0 aliphatic heterocycles. The van der Waals surface area contributed by atoms with Crippen molar-refractivity contribution >= 4 is 23.2 Å². The van der Waals surface area contributed by atoms with E-state index in [2.05, 4.69) is 5.32 Å². The van der Waals surface area contributed by atoms with E-state index in [1.807, 2.05) is 13.8 Å². The molecule has 0 fully saturated rings. The first-order valence-electron chi connectivity index (χ1n) is 5.24. The van der Waals surface area contributed by atoms with E-state index in [9.17, 15) is 4.79 Å². The maximum Gasteiger partial charge on any atom is 0.252 e. The normalized spacial score (nSPS) is 11.3. The topological polar surface area (TPSA) is 64.3 Å². The first kappa shape index (κ1) is 13.8. The van der Waals surface area contributed by atoms with E-state index in [1.54, 1.807) is 25.3 Å². The van der Waals surface area contributed by atoms with Crippen LogP contribution < -0.4 is 11.1 Å². The molecule has 1 amide bonds. The fourth-order valence-electron chi connectivity index (χ4n) is 1.18. The second kappa shape index (κ2) is 5.38. The fourth-order valence-corrected chi connectivity index (χ4v) is 1.38. The van der Waals surface area contributed by atoms with Gasteiger partial charge in [0.1, 0.15) is 0 Å². The number of amides is 1. The van der Waals surface area contributed by atoms with Crippen LogP contribution in [0.3, 0.4) is 0 Å². The summed E-state index contributed by atoms with van der Waals surface area (Å²) >= 11 is 5.93. The number of rotatable bonds is 4. The smallest absolute Gasteiger partial charge is 0.252 e. The van der Waals surface area contributed by atoms with Crippen LogP contribution in [0.15, 0.2) is 18.2 Å². The second-order valence-corrected chi connectivity index (χ2v) is 4.79. The lowest BCUT2D eigenvalue weighted by Gasteiger charge is -2.23. The average Bonchev–Trinajstić information content (AvgIpc) is 2.29. The Bertz CT molecular complexity index is 419. The van der Waals surface area contributed by atoms with Crippen molar-refractivity contribution in [3.8, 4) is 0 Å².